The Kier molecular flexibility index (Phi) is 2.02. The van der Waals surface area contributed by atoms with E-state index in [1.807, 2.05) is 6.08 Å². The van der Waals surface area contributed by atoms with E-state index < -0.39 is 0 Å². The lowest BCUT2D eigenvalue weighted by Gasteiger charge is -1.87. The molecule has 1 atom stereocenters. The van der Waals surface area contributed by atoms with Crippen molar-refractivity contribution in [3.63, 3.8) is 0 Å². The normalized spacial score (nSPS) is 27.6. The molecule has 0 spiro atoms. The van der Waals surface area contributed by atoms with Gasteiger partial charge in [0.2, 0.25) is 5.12 Å². The van der Waals surface area contributed by atoms with Gasteiger partial charge in [-0.2, -0.15) is 0 Å². The van der Waals surface area contributed by atoms with Gasteiger partial charge in [0.15, 0.2) is 0 Å². The van der Waals surface area contributed by atoms with Crippen LogP contribution in [0.5, 0.6) is 0 Å². The topological polar surface area (TPSA) is 17.1 Å². The number of carbonyl (C=O) groups is 1. The Labute approximate surface area is 58.8 Å². The van der Waals surface area contributed by atoms with Crippen LogP contribution in [-0.4, -0.2) is 15.1 Å². The van der Waals surface area contributed by atoms with Gasteiger partial charge in [0.25, 0.3) is 0 Å². The average Bonchev–Trinajstić information content (AvgIpc) is 2.14. The summed E-state index contributed by atoms with van der Waals surface area (Å²) in [7, 11) is -0.137. The molecule has 0 N–H and O–H groups in total. The van der Waals surface area contributed by atoms with Gasteiger partial charge >= 0.3 is 0 Å². The van der Waals surface area contributed by atoms with E-state index in [0.717, 1.165) is 5.75 Å². The van der Waals surface area contributed by atoms with E-state index in [4.69, 9.17) is 0 Å². The first kappa shape index (κ1) is 6.23. The molecule has 0 fully saturated rings. The summed E-state index contributed by atoms with van der Waals surface area (Å²) < 4.78 is 1.79. The monoisotopic (exact) mass is 192 g/mol. The summed E-state index contributed by atoms with van der Waals surface area (Å²) in [5.74, 6) is 0.893. The molecule has 1 unspecified atom stereocenters. The first-order valence-corrected chi connectivity index (χ1v) is 4.55. The van der Waals surface area contributed by atoms with Crippen molar-refractivity contribution in [2.75, 3.05) is 5.75 Å². The second kappa shape index (κ2) is 2.60. The second-order valence-electron chi connectivity index (χ2n) is 1.41. The summed E-state index contributed by atoms with van der Waals surface area (Å²) >= 11 is 3.14. The Morgan fingerprint density at radius 2 is 2.62 bits per heavy atom. The van der Waals surface area contributed by atoms with E-state index in [-0.39, 0.29) is 15.6 Å². The molecule has 0 radical (unpaired) electrons. The van der Waals surface area contributed by atoms with E-state index in [2.05, 4.69) is 15.9 Å². The van der Waals surface area contributed by atoms with E-state index in [1.54, 1.807) is 10.4 Å². The van der Waals surface area contributed by atoms with Crippen molar-refractivity contribution >= 4 is 35.8 Å². The number of hydrogen-bond donors (Lipinski definition) is 0. The maximum atomic E-state index is 10.7. The zero-order chi connectivity index (χ0) is 5.98. The molecular weight excluding hydrogens is 188 g/mol. The molecule has 8 heavy (non-hydrogen) atoms. The van der Waals surface area contributed by atoms with E-state index in [1.165, 1.54) is 0 Å². The molecular formula is C5H5BrOS. The van der Waals surface area contributed by atoms with Crippen LogP contribution in [0.15, 0.2) is 12.2 Å². The van der Waals surface area contributed by atoms with E-state index >= 15 is 0 Å². The van der Waals surface area contributed by atoms with Crippen molar-refractivity contribution in [2.45, 2.75) is 0 Å². The first-order valence-electron chi connectivity index (χ1n) is 2.18. The van der Waals surface area contributed by atoms with Gasteiger partial charge in [0, 0.05) is 10.0 Å². The molecule has 1 nitrogen and oxygen atoms in total. The predicted octanol–water partition coefficient (Wildman–Crippen LogP) is 1.51. The molecule has 3 heteroatoms. The fourth-order valence-electron chi connectivity index (χ4n) is 0.498. The molecule has 0 aliphatic carbocycles. The third-order valence-electron chi connectivity index (χ3n) is 0.896. The highest BCUT2D eigenvalue weighted by Gasteiger charge is 2.06. The van der Waals surface area contributed by atoms with Crippen molar-refractivity contribution in [3.8, 4) is 0 Å². The van der Waals surface area contributed by atoms with Gasteiger partial charge in [0.05, 0.1) is 0 Å². The van der Waals surface area contributed by atoms with E-state index in [9.17, 15) is 4.79 Å². The molecule has 1 aliphatic heterocycles. The third kappa shape index (κ3) is 1.09. The molecule has 0 aromatic heterocycles. The lowest BCUT2D eigenvalue weighted by atomic mass is 10.6. The zero-order valence-corrected chi connectivity index (χ0v) is 6.54. The molecule has 0 saturated heterocycles. The van der Waals surface area contributed by atoms with Crippen LogP contribution in [0.2, 0.25) is 0 Å². The highest BCUT2D eigenvalue weighted by Crippen LogP contribution is 2.20. The summed E-state index contributed by atoms with van der Waals surface area (Å²) in [5, 5.41) is 0.238. The Hall–Kier alpha value is 0.110. The third-order valence-corrected chi connectivity index (χ3v) is 3.67. The van der Waals surface area contributed by atoms with Crippen LogP contribution in [0.1, 0.15) is 0 Å². The minimum atomic E-state index is -0.137. The second-order valence-corrected chi connectivity index (χ2v) is 4.30. The Bertz CT molecular complexity index is 171. The molecule has 0 saturated carbocycles. The van der Waals surface area contributed by atoms with Crippen LogP contribution >= 0.6 is 26.4 Å². The van der Waals surface area contributed by atoms with Crippen LogP contribution in [-0.2, 0) is 4.79 Å². The van der Waals surface area contributed by atoms with Crippen LogP contribution < -0.4 is 0 Å². The molecule has 1 rings (SSSR count). The number of halogens is 1. The number of carbonyl (C=O) groups excluding carboxylic acids is 1. The molecule has 44 valence electrons. The van der Waals surface area contributed by atoms with Crippen molar-refractivity contribution in [2.24, 2.45) is 0 Å². The Balaban J connectivity index is 2.79. The first-order chi connectivity index (χ1) is 3.84. The maximum Gasteiger partial charge on any atom is 0.207 e. The molecule has 1 heterocycles. The van der Waals surface area contributed by atoms with Crippen LogP contribution in [0.4, 0.5) is 0 Å². The molecule has 1 aliphatic rings. The summed E-state index contributed by atoms with van der Waals surface area (Å²) in [6, 6.07) is 0. The van der Waals surface area contributed by atoms with Crippen molar-refractivity contribution in [1.29, 1.82) is 0 Å². The largest absolute Gasteiger partial charge is 0.283 e. The van der Waals surface area contributed by atoms with E-state index in [0.29, 0.717) is 0 Å². The molecule has 0 aromatic rings. The fourth-order valence-corrected chi connectivity index (χ4v) is 2.41. The minimum Gasteiger partial charge on any atom is -0.283 e. The minimum absolute atomic E-state index is 0.137. The SMILES string of the molecule is O=C1C=CCS1=CBr. The fraction of sp³-hybridized carbons (Fsp3) is 0.200. The van der Waals surface area contributed by atoms with Gasteiger partial charge in [-0.3, -0.25) is 4.79 Å². The van der Waals surface area contributed by atoms with Crippen molar-refractivity contribution in [3.05, 3.63) is 12.2 Å². The smallest absolute Gasteiger partial charge is 0.207 e. The highest BCUT2D eigenvalue weighted by molar-refractivity contribution is 9.19. The summed E-state index contributed by atoms with van der Waals surface area (Å²) in [4.78, 5) is 10.7. The number of rotatable bonds is 0. The van der Waals surface area contributed by atoms with Gasteiger partial charge in [0.1, 0.15) is 0 Å². The van der Waals surface area contributed by atoms with Crippen LogP contribution in [0.3, 0.4) is 0 Å². The predicted molar refractivity (Wildman–Crippen MR) is 41.6 cm³/mol. The quantitative estimate of drug-likeness (QED) is 0.421. The van der Waals surface area contributed by atoms with Gasteiger partial charge in [-0.05, 0) is 6.08 Å². The Morgan fingerprint density at radius 1 is 1.88 bits per heavy atom. The summed E-state index contributed by atoms with van der Waals surface area (Å²) in [6.07, 6.45) is 3.55. The summed E-state index contributed by atoms with van der Waals surface area (Å²) in [5.41, 5.74) is 0. The van der Waals surface area contributed by atoms with Crippen LogP contribution in [0.25, 0.3) is 0 Å². The molecule has 0 bridgehead atoms. The lowest BCUT2D eigenvalue weighted by Crippen LogP contribution is -1.81. The Morgan fingerprint density at radius 3 is 2.88 bits per heavy atom. The number of hydrogen-bond acceptors (Lipinski definition) is 1. The maximum absolute atomic E-state index is 10.7. The highest BCUT2D eigenvalue weighted by atomic mass is 79.9. The zero-order valence-electron chi connectivity index (χ0n) is 4.13. The van der Waals surface area contributed by atoms with Crippen molar-refractivity contribution < 1.29 is 4.79 Å². The average molecular weight is 193 g/mol. The standard InChI is InChI=1S/C5H5BrOS/c6-4-8-3-1-2-5(8)7/h1-2,4H,3H2. The van der Waals surface area contributed by atoms with Gasteiger partial charge in [-0.15, -0.1) is 10.5 Å². The van der Waals surface area contributed by atoms with Gasteiger partial charge in [-0.1, -0.05) is 22.0 Å². The van der Waals surface area contributed by atoms with Crippen LogP contribution in [0, 0.1) is 0 Å². The lowest BCUT2D eigenvalue weighted by molar-refractivity contribution is -0.106. The van der Waals surface area contributed by atoms with Gasteiger partial charge < -0.3 is 0 Å². The summed E-state index contributed by atoms with van der Waals surface area (Å²) in [6.45, 7) is 0. The molecule has 0 aromatic carbocycles. The van der Waals surface area contributed by atoms with Crippen molar-refractivity contribution in [1.82, 2.24) is 0 Å². The van der Waals surface area contributed by atoms with Gasteiger partial charge in [-0.25, -0.2) is 0 Å². The molecule has 0 amide bonds.